The monoisotopic (exact) mass is 324 g/mol. The molecule has 2 aromatic rings. The second kappa shape index (κ2) is 9.24. The molecule has 0 radical (unpaired) electrons. The Hall–Kier alpha value is -2.13. The van der Waals surface area contributed by atoms with Crippen molar-refractivity contribution in [3.05, 3.63) is 65.7 Å². The smallest absolute Gasteiger partial charge is 0.225 e. The average Bonchev–Trinajstić information content (AvgIpc) is 2.59. The third-order valence-electron chi connectivity index (χ3n) is 4.21. The molecule has 3 heteroatoms. The Bertz CT molecular complexity index is 637. The Morgan fingerprint density at radius 1 is 1.04 bits per heavy atom. The van der Waals surface area contributed by atoms with E-state index >= 15 is 0 Å². The molecule has 2 aromatic carbocycles. The second-order valence-electron chi connectivity index (χ2n) is 6.39. The third kappa shape index (κ3) is 5.50. The lowest BCUT2D eigenvalue weighted by atomic mass is 10.0. The molecular formula is C21H28N2O. The van der Waals surface area contributed by atoms with Gasteiger partial charge in [-0.05, 0) is 29.7 Å². The third-order valence-corrected chi connectivity index (χ3v) is 4.21. The SMILES string of the molecule is CCN(CCC(=O)Nc1ccccc1C(C)C)Cc1ccccc1. The van der Waals surface area contributed by atoms with E-state index in [0.29, 0.717) is 12.3 Å². The van der Waals surface area contributed by atoms with Gasteiger partial charge in [0.1, 0.15) is 0 Å². The molecule has 24 heavy (non-hydrogen) atoms. The van der Waals surface area contributed by atoms with Crippen LogP contribution >= 0.6 is 0 Å². The highest BCUT2D eigenvalue weighted by molar-refractivity contribution is 5.91. The van der Waals surface area contributed by atoms with E-state index in [-0.39, 0.29) is 5.91 Å². The van der Waals surface area contributed by atoms with E-state index < -0.39 is 0 Å². The fraction of sp³-hybridized carbons (Fsp3) is 0.381. The highest BCUT2D eigenvalue weighted by Gasteiger charge is 2.11. The Balaban J connectivity index is 1.88. The first-order valence-corrected chi connectivity index (χ1v) is 8.75. The van der Waals surface area contributed by atoms with Gasteiger partial charge in [0.2, 0.25) is 5.91 Å². The molecule has 0 saturated carbocycles. The molecule has 0 aliphatic rings. The predicted octanol–water partition coefficient (Wildman–Crippen LogP) is 4.66. The summed E-state index contributed by atoms with van der Waals surface area (Å²) < 4.78 is 0. The summed E-state index contributed by atoms with van der Waals surface area (Å²) in [6.45, 7) is 9.00. The predicted molar refractivity (Wildman–Crippen MR) is 101 cm³/mol. The van der Waals surface area contributed by atoms with Crippen molar-refractivity contribution in [2.45, 2.75) is 39.7 Å². The maximum Gasteiger partial charge on any atom is 0.225 e. The van der Waals surface area contributed by atoms with Crippen LogP contribution in [0.2, 0.25) is 0 Å². The lowest BCUT2D eigenvalue weighted by molar-refractivity contribution is -0.116. The number of hydrogen-bond donors (Lipinski definition) is 1. The van der Waals surface area contributed by atoms with Crippen LogP contribution in [0.4, 0.5) is 5.69 Å². The van der Waals surface area contributed by atoms with Gasteiger partial charge in [-0.3, -0.25) is 9.69 Å². The topological polar surface area (TPSA) is 32.3 Å². The largest absolute Gasteiger partial charge is 0.326 e. The first-order valence-electron chi connectivity index (χ1n) is 8.75. The number of benzene rings is 2. The highest BCUT2D eigenvalue weighted by Crippen LogP contribution is 2.23. The van der Waals surface area contributed by atoms with Crippen LogP contribution < -0.4 is 5.32 Å². The van der Waals surface area contributed by atoms with Crippen LogP contribution in [0.1, 0.15) is 44.2 Å². The quantitative estimate of drug-likeness (QED) is 0.766. The van der Waals surface area contributed by atoms with Gasteiger partial charge in [-0.25, -0.2) is 0 Å². The molecule has 0 heterocycles. The molecule has 0 fully saturated rings. The Morgan fingerprint density at radius 2 is 1.71 bits per heavy atom. The second-order valence-corrected chi connectivity index (χ2v) is 6.39. The molecule has 0 aliphatic heterocycles. The summed E-state index contributed by atoms with van der Waals surface area (Å²) in [5.41, 5.74) is 3.40. The Labute approximate surface area is 145 Å². The van der Waals surface area contributed by atoms with Crippen LogP contribution in [0.5, 0.6) is 0 Å². The first kappa shape index (κ1) is 18.2. The molecule has 2 rings (SSSR count). The molecule has 3 nitrogen and oxygen atoms in total. The van der Waals surface area contributed by atoms with Crippen molar-refractivity contribution in [3.8, 4) is 0 Å². The first-order chi connectivity index (χ1) is 11.6. The minimum Gasteiger partial charge on any atom is -0.326 e. The van der Waals surface area contributed by atoms with Gasteiger partial charge in [-0.2, -0.15) is 0 Å². The van der Waals surface area contributed by atoms with Crippen molar-refractivity contribution < 1.29 is 4.79 Å². The molecular weight excluding hydrogens is 296 g/mol. The summed E-state index contributed by atoms with van der Waals surface area (Å²) in [7, 11) is 0. The van der Waals surface area contributed by atoms with Gasteiger partial charge in [-0.1, -0.05) is 69.3 Å². The van der Waals surface area contributed by atoms with Crippen LogP contribution in [-0.2, 0) is 11.3 Å². The van der Waals surface area contributed by atoms with Crippen molar-refractivity contribution in [3.63, 3.8) is 0 Å². The minimum atomic E-state index is 0.0783. The van der Waals surface area contributed by atoms with Gasteiger partial charge < -0.3 is 5.32 Å². The van der Waals surface area contributed by atoms with Crippen molar-refractivity contribution in [1.82, 2.24) is 4.90 Å². The molecule has 0 spiro atoms. The molecule has 0 atom stereocenters. The standard InChI is InChI=1S/C21H28N2O/c1-4-23(16-18-10-6-5-7-11-18)15-14-21(24)22-20-13-9-8-12-19(20)17(2)3/h5-13,17H,4,14-16H2,1-3H3,(H,22,24). The number of rotatable bonds is 8. The van der Waals surface area contributed by atoms with Gasteiger partial charge in [0, 0.05) is 25.2 Å². The van der Waals surface area contributed by atoms with E-state index in [9.17, 15) is 4.79 Å². The number of anilines is 1. The number of nitrogens with one attached hydrogen (secondary N) is 1. The Morgan fingerprint density at radius 3 is 2.38 bits per heavy atom. The number of carbonyl (C=O) groups is 1. The van der Waals surface area contributed by atoms with E-state index in [0.717, 1.165) is 25.3 Å². The molecule has 0 aliphatic carbocycles. The van der Waals surface area contributed by atoms with E-state index in [4.69, 9.17) is 0 Å². The van der Waals surface area contributed by atoms with Gasteiger partial charge in [0.15, 0.2) is 0 Å². The molecule has 1 amide bonds. The summed E-state index contributed by atoms with van der Waals surface area (Å²) in [4.78, 5) is 14.6. The van der Waals surface area contributed by atoms with Crippen LogP contribution in [0, 0.1) is 0 Å². The molecule has 0 unspecified atom stereocenters. The van der Waals surface area contributed by atoms with Gasteiger partial charge in [0.25, 0.3) is 0 Å². The van der Waals surface area contributed by atoms with Crippen LogP contribution in [0.3, 0.4) is 0 Å². The van der Waals surface area contributed by atoms with Crippen molar-refractivity contribution >= 4 is 11.6 Å². The molecule has 0 saturated heterocycles. The lowest BCUT2D eigenvalue weighted by Gasteiger charge is -2.20. The van der Waals surface area contributed by atoms with E-state index in [1.54, 1.807) is 0 Å². The Kier molecular flexibility index (Phi) is 7.01. The molecule has 0 bridgehead atoms. The van der Waals surface area contributed by atoms with Gasteiger partial charge in [-0.15, -0.1) is 0 Å². The summed E-state index contributed by atoms with van der Waals surface area (Å²) in [6.07, 6.45) is 0.507. The zero-order chi connectivity index (χ0) is 17.4. The minimum absolute atomic E-state index is 0.0783. The van der Waals surface area contributed by atoms with Gasteiger partial charge in [0.05, 0.1) is 0 Å². The zero-order valence-corrected chi connectivity index (χ0v) is 15.0. The van der Waals surface area contributed by atoms with Crippen LogP contribution in [-0.4, -0.2) is 23.9 Å². The molecule has 128 valence electrons. The van der Waals surface area contributed by atoms with E-state index in [2.05, 4.69) is 61.3 Å². The number of nitrogens with zero attached hydrogens (tertiary/aromatic N) is 1. The fourth-order valence-corrected chi connectivity index (χ4v) is 2.78. The van der Waals surface area contributed by atoms with Crippen molar-refractivity contribution in [1.29, 1.82) is 0 Å². The zero-order valence-electron chi connectivity index (χ0n) is 15.0. The van der Waals surface area contributed by atoms with Crippen molar-refractivity contribution in [2.75, 3.05) is 18.4 Å². The summed E-state index contributed by atoms with van der Waals surface area (Å²) in [6, 6.07) is 18.4. The maximum atomic E-state index is 12.3. The number of hydrogen-bond acceptors (Lipinski definition) is 2. The van der Waals surface area contributed by atoms with Crippen LogP contribution in [0.25, 0.3) is 0 Å². The number of para-hydroxylation sites is 1. The molecule has 1 N–H and O–H groups in total. The normalized spacial score (nSPS) is 11.0. The summed E-state index contributed by atoms with van der Waals surface area (Å²) >= 11 is 0. The number of carbonyl (C=O) groups excluding carboxylic acids is 1. The van der Waals surface area contributed by atoms with Gasteiger partial charge >= 0.3 is 0 Å². The molecule has 0 aromatic heterocycles. The summed E-state index contributed by atoms with van der Waals surface area (Å²) in [5.74, 6) is 0.473. The lowest BCUT2D eigenvalue weighted by Crippen LogP contribution is -2.27. The highest BCUT2D eigenvalue weighted by atomic mass is 16.1. The average molecular weight is 324 g/mol. The maximum absolute atomic E-state index is 12.3. The summed E-state index contributed by atoms with van der Waals surface area (Å²) in [5, 5.41) is 3.07. The number of amides is 1. The van der Waals surface area contributed by atoms with E-state index in [1.807, 2.05) is 24.3 Å². The van der Waals surface area contributed by atoms with Crippen molar-refractivity contribution in [2.24, 2.45) is 0 Å². The van der Waals surface area contributed by atoms with Crippen LogP contribution in [0.15, 0.2) is 54.6 Å². The fourth-order valence-electron chi connectivity index (χ4n) is 2.78. The van der Waals surface area contributed by atoms with E-state index in [1.165, 1.54) is 11.1 Å².